The van der Waals surface area contributed by atoms with Crippen LogP contribution in [-0.2, 0) is 0 Å². The molecule has 1 heterocycles. The summed E-state index contributed by atoms with van der Waals surface area (Å²) in [5, 5.41) is 13.9. The Bertz CT molecular complexity index is 405. The largest absolute Gasteiger partial charge is 0.367 e. The van der Waals surface area contributed by atoms with E-state index in [0.717, 1.165) is 17.8 Å². The summed E-state index contributed by atoms with van der Waals surface area (Å²) in [4.78, 5) is 14.2. The van der Waals surface area contributed by atoms with Crippen molar-refractivity contribution in [3.05, 3.63) is 27.9 Å². The topological polar surface area (TPSA) is 68.1 Å². The van der Waals surface area contributed by atoms with Crippen molar-refractivity contribution < 1.29 is 4.92 Å². The van der Waals surface area contributed by atoms with Crippen LogP contribution in [-0.4, -0.2) is 15.9 Å². The lowest BCUT2D eigenvalue weighted by Crippen LogP contribution is -2.18. The van der Waals surface area contributed by atoms with Crippen LogP contribution in [0.1, 0.15) is 32.8 Å². The monoisotopic (exact) mass is 237 g/mol. The lowest BCUT2D eigenvalue weighted by Gasteiger charge is -2.17. The molecule has 0 bridgehead atoms. The fourth-order valence-corrected chi connectivity index (χ4v) is 1.81. The summed E-state index contributed by atoms with van der Waals surface area (Å²) < 4.78 is 0. The minimum atomic E-state index is -0.429. The van der Waals surface area contributed by atoms with Gasteiger partial charge in [0.15, 0.2) is 0 Å². The minimum absolute atomic E-state index is 0.0320. The van der Waals surface area contributed by atoms with E-state index in [9.17, 15) is 10.1 Å². The quantitative estimate of drug-likeness (QED) is 0.631. The Hall–Kier alpha value is -1.65. The van der Waals surface area contributed by atoms with Gasteiger partial charge in [-0.05, 0) is 31.7 Å². The van der Waals surface area contributed by atoms with Gasteiger partial charge in [-0.1, -0.05) is 13.8 Å². The molecular formula is C12H19N3O2. The van der Waals surface area contributed by atoms with Crippen LogP contribution in [0.15, 0.2) is 12.3 Å². The molecule has 0 aliphatic carbocycles. The molecule has 94 valence electrons. The summed E-state index contributed by atoms with van der Waals surface area (Å²) in [6.07, 6.45) is 2.33. The fourth-order valence-electron chi connectivity index (χ4n) is 1.81. The molecule has 0 saturated heterocycles. The first-order chi connectivity index (χ1) is 7.90. The maximum atomic E-state index is 10.6. The first kappa shape index (κ1) is 13.4. The summed E-state index contributed by atoms with van der Waals surface area (Å²) in [6, 6.07) is 1.85. The van der Waals surface area contributed by atoms with Crippen LogP contribution in [0.2, 0.25) is 0 Å². The highest BCUT2D eigenvalue weighted by Gasteiger charge is 2.11. The molecule has 1 N–H and O–H groups in total. The Labute approximate surface area is 101 Å². The van der Waals surface area contributed by atoms with Crippen molar-refractivity contribution in [2.75, 3.05) is 5.32 Å². The van der Waals surface area contributed by atoms with E-state index < -0.39 is 4.92 Å². The van der Waals surface area contributed by atoms with Crippen LogP contribution in [0, 0.1) is 23.0 Å². The van der Waals surface area contributed by atoms with E-state index in [4.69, 9.17) is 0 Å². The van der Waals surface area contributed by atoms with E-state index >= 15 is 0 Å². The molecule has 0 aliphatic rings. The number of anilines is 1. The summed E-state index contributed by atoms with van der Waals surface area (Å²) in [5.41, 5.74) is 0.833. The Balaban J connectivity index is 2.75. The Morgan fingerprint density at radius 2 is 2.12 bits per heavy atom. The summed E-state index contributed by atoms with van der Waals surface area (Å²) in [7, 11) is 0. The average molecular weight is 237 g/mol. The van der Waals surface area contributed by atoms with Crippen LogP contribution >= 0.6 is 0 Å². The van der Waals surface area contributed by atoms with E-state index in [2.05, 4.69) is 31.1 Å². The Morgan fingerprint density at radius 3 is 2.59 bits per heavy atom. The van der Waals surface area contributed by atoms with Gasteiger partial charge in [0.2, 0.25) is 0 Å². The predicted molar refractivity (Wildman–Crippen MR) is 68.2 cm³/mol. The molecule has 0 amide bonds. The van der Waals surface area contributed by atoms with Crippen molar-refractivity contribution in [3.63, 3.8) is 0 Å². The molecule has 0 saturated carbocycles. The van der Waals surface area contributed by atoms with Crippen molar-refractivity contribution in [2.24, 2.45) is 5.92 Å². The molecular weight excluding hydrogens is 218 g/mol. The fraction of sp³-hybridized carbons (Fsp3) is 0.583. The van der Waals surface area contributed by atoms with Gasteiger partial charge in [-0.15, -0.1) is 0 Å². The van der Waals surface area contributed by atoms with E-state index in [1.807, 2.05) is 6.92 Å². The molecule has 1 rings (SSSR count). The van der Waals surface area contributed by atoms with Gasteiger partial charge in [0.05, 0.1) is 4.92 Å². The highest BCUT2D eigenvalue weighted by Crippen LogP contribution is 2.19. The van der Waals surface area contributed by atoms with Crippen molar-refractivity contribution >= 4 is 11.5 Å². The molecule has 5 heteroatoms. The van der Waals surface area contributed by atoms with Crippen molar-refractivity contribution in [2.45, 2.75) is 40.2 Å². The van der Waals surface area contributed by atoms with Gasteiger partial charge in [-0.25, -0.2) is 4.98 Å². The van der Waals surface area contributed by atoms with Gasteiger partial charge >= 0.3 is 0 Å². The molecule has 0 aromatic carbocycles. The molecule has 5 nitrogen and oxygen atoms in total. The summed E-state index contributed by atoms with van der Waals surface area (Å²) >= 11 is 0. The van der Waals surface area contributed by atoms with Crippen LogP contribution in [0.3, 0.4) is 0 Å². The molecule has 1 aromatic heterocycles. The zero-order valence-electron chi connectivity index (χ0n) is 10.7. The van der Waals surface area contributed by atoms with Gasteiger partial charge in [-0.3, -0.25) is 10.1 Å². The van der Waals surface area contributed by atoms with E-state index in [-0.39, 0.29) is 5.69 Å². The van der Waals surface area contributed by atoms with E-state index in [1.165, 1.54) is 12.3 Å². The third-order valence-corrected chi connectivity index (χ3v) is 2.48. The lowest BCUT2D eigenvalue weighted by molar-refractivity contribution is -0.385. The van der Waals surface area contributed by atoms with Crippen LogP contribution in [0.5, 0.6) is 0 Å². The van der Waals surface area contributed by atoms with Crippen LogP contribution in [0.25, 0.3) is 0 Å². The predicted octanol–water partition coefficient (Wildman–Crippen LogP) is 3.14. The zero-order chi connectivity index (χ0) is 13.0. The number of rotatable bonds is 5. The number of nitrogens with one attached hydrogen (secondary N) is 1. The number of nitrogens with zero attached hydrogens (tertiary/aromatic N) is 2. The van der Waals surface area contributed by atoms with E-state index in [1.54, 1.807) is 0 Å². The van der Waals surface area contributed by atoms with E-state index in [0.29, 0.717) is 12.0 Å². The van der Waals surface area contributed by atoms with Gasteiger partial charge in [0.1, 0.15) is 12.0 Å². The minimum Gasteiger partial charge on any atom is -0.367 e. The smallest absolute Gasteiger partial charge is 0.287 e. The molecule has 1 atom stereocenters. The number of hydrogen-bond donors (Lipinski definition) is 1. The third-order valence-electron chi connectivity index (χ3n) is 2.48. The maximum absolute atomic E-state index is 10.6. The van der Waals surface area contributed by atoms with Crippen molar-refractivity contribution in [1.82, 2.24) is 4.98 Å². The second-order valence-corrected chi connectivity index (χ2v) is 4.79. The Kier molecular flexibility index (Phi) is 4.43. The van der Waals surface area contributed by atoms with Gasteiger partial charge in [-0.2, -0.15) is 0 Å². The van der Waals surface area contributed by atoms with Crippen molar-refractivity contribution in [3.8, 4) is 0 Å². The van der Waals surface area contributed by atoms with Crippen molar-refractivity contribution in [1.29, 1.82) is 0 Å². The van der Waals surface area contributed by atoms with Crippen LogP contribution in [0.4, 0.5) is 11.5 Å². The second kappa shape index (κ2) is 5.61. The number of hydrogen-bond acceptors (Lipinski definition) is 4. The first-order valence-electron chi connectivity index (χ1n) is 5.77. The highest BCUT2D eigenvalue weighted by molar-refractivity contribution is 5.48. The molecule has 1 aromatic rings. The number of pyridine rings is 1. The average Bonchev–Trinajstić information content (AvgIpc) is 2.19. The maximum Gasteiger partial charge on any atom is 0.287 e. The van der Waals surface area contributed by atoms with Gasteiger partial charge in [0.25, 0.3) is 5.69 Å². The number of aryl methyl sites for hydroxylation is 1. The standard InChI is InChI=1S/C12H19N3O2/c1-8(2)5-10(4)14-12-9(3)6-11(7-13-12)15(16)17/h6-8,10H,5H2,1-4H3,(H,13,14). The van der Waals surface area contributed by atoms with Gasteiger partial charge in [0, 0.05) is 12.1 Å². The van der Waals surface area contributed by atoms with Gasteiger partial charge < -0.3 is 5.32 Å². The third kappa shape index (κ3) is 4.01. The molecule has 0 aliphatic heterocycles. The Morgan fingerprint density at radius 1 is 1.47 bits per heavy atom. The normalized spacial score (nSPS) is 12.5. The number of aromatic nitrogens is 1. The molecule has 1 unspecified atom stereocenters. The number of nitro groups is 1. The second-order valence-electron chi connectivity index (χ2n) is 4.79. The zero-order valence-corrected chi connectivity index (χ0v) is 10.7. The van der Waals surface area contributed by atoms with Crippen LogP contribution < -0.4 is 5.32 Å². The summed E-state index contributed by atoms with van der Waals surface area (Å²) in [6.45, 7) is 8.23. The summed E-state index contributed by atoms with van der Waals surface area (Å²) in [5.74, 6) is 1.33. The SMILES string of the molecule is Cc1cc([N+](=O)[O-])cnc1NC(C)CC(C)C. The molecule has 0 radical (unpaired) electrons. The lowest BCUT2D eigenvalue weighted by atomic mass is 10.1. The molecule has 0 spiro atoms. The first-order valence-corrected chi connectivity index (χ1v) is 5.77. The molecule has 17 heavy (non-hydrogen) atoms. The highest BCUT2D eigenvalue weighted by atomic mass is 16.6. The molecule has 0 fully saturated rings.